The lowest BCUT2D eigenvalue weighted by atomic mass is 9.65. The van der Waals surface area contributed by atoms with Gasteiger partial charge >= 0.3 is 0 Å². The zero-order valence-corrected chi connectivity index (χ0v) is 19.2. The molecular weight excluding hydrogens is 414 g/mol. The highest BCUT2D eigenvalue weighted by molar-refractivity contribution is 6.04. The Bertz CT molecular complexity index is 1010. The standard InChI is InChI=1S/C28H33NO4/c1-2-5-17-10-13-20-19-6-3-4-7-21(19)26-24(20)23(17)25(30)22-15-28(32,29-27(22)31)14-16-8-11-18(33-26)12-9-16/h2,5,8-13,17,19-24,26,32H,3-4,6-7,14-15H2,1H3,(H,29,31)/b5-2-/t17-,19-,20-,21+,22-,23-,24-,26-,28+/m0/s1. The van der Waals surface area contributed by atoms with Crippen LogP contribution in [0.25, 0.3) is 0 Å². The van der Waals surface area contributed by atoms with Crippen LogP contribution in [0.5, 0.6) is 5.75 Å². The van der Waals surface area contributed by atoms with Gasteiger partial charge < -0.3 is 15.2 Å². The van der Waals surface area contributed by atoms with Crippen molar-refractivity contribution in [2.45, 2.75) is 57.3 Å². The Morgan fingerprint density at radius 2 is 1.85 bits per heavy atom. The molecule has 5 nitrogen and oxygen atoms in total. The Kier molecular flexibility index (Phi) is 5.02. The van der Waals surface area contributed by atoms with E-state index in [1.54, 1.807) is 0 Å². The zero-order valence-electron chi connectivity index (χ0n) is 19.2. The lowest BCUT2D eigenvalue weighted by molar-refractivity contribution is -0.137. The lowest BCUT2D eigenvalue weighted by Crippen LogP contribution is -2.45. The van der Waals surface area contributed by atoms with Crippen molar-refractivity contribution in [1.82, 2.24) is 5.32 Å². The number of ether oxygens (including phenoxy) is 1. The second-order valence-electron chi connectivity index (χ2n) is 10.9. The van der Waals surface area contributed by atoms with Gasteiger partial charge in [-0.25, -0.2) is 0 Å². The number of nitrogens with one attached hydrogen (secondary N) is 1. The number of rotatable bonds is 1. The maximum absolute atomic E-state index is 14.1. The molecule has 1 amide bonds. The molecule has 6 aliphatic rings. The van der Waals surface area contributed by atoms with Crippen molar-refractivity contribution in [2.24, 2.45) is 41.4 Å². The first-order valence-electron chi connectivity index (χ1n) is 12.6. The fourth-order valence-corrected chi connectivity index (χ4v) is 7.72. The summed E-state index contributed by atoms with van der Waals surface area (Å²) in [6.45, 7) is 1.98. The molecule has 1 aromatic carbocycles. The summed E-state index contributed by atoms with van der Waals surface area (Å²) in [6, 6.07) is 7.90. The number of carbonyl (C=O) groups is 2. The molecule has 3 aliphatic heterocycles. The zero-order chi connectivity index (χ0) is 22.7. The van der Waals surface area contributed by atoms with Gasteiger partial charge in [-0.05, 0) is 55.2 Å². The Hall–Kier alpha value is -2.40. The van der Waals surface area contributed by atoms with Crippen molar-refractivity contribution in [1.29, 1.82) is 0 Å². The number of ketones is 1. The second-order valence-corrected chi connectivity index (χ2v) is 10.9. The van der Waals surface area contributed by atoms with Crippen LogP contribution in [0.15, 0.2) is 48.6 Å². The van der Waals surface area contributed by atoms with Crippen LogP contribution in [0.1, 0.15) is 44.6 Å². The van der Waals surface area contributed by atoms with Crippen molar-refractivity contribution in [3.05, 3.63) is 54.1 Å². The van der Waals surface area contributed by atoms with Gasteiger partial charge in [-0.2, -0.15) is 0 Å². The van der Waals surface area contributed by atoms with Gasteiger partial charge in [0.05, 0.1) is 0 Å². The Balaban J connectivity index is 1.50. The fourth-order valence-electron chi connectivity index (χ4n) is 7.72. The van der Waals surface area contributed by atoms with Gasteiger partial charge in [-0.1, -0.05) is 49.3 Å². The van der Waals surface area contributed by atoms with E-state index in [9.17, 15) is 14.7 Å². The minimum absolute atomic E-state index is 0.0272. The summed E-state index contributed by atoms with van der Waals surface area (Å²) >= 11 is 0. The van der Waals surface area contributed by atoms with Gasteiger partial charge in [-0.3, -0.25) is 9.59 Å². The summed E-state index contributed by atoms with van der Waals surface area (Å²) in [7, 11) is 0. The Morgan fingerprint density at radius 1 is 1.09 bits per heavy atom. The topological polar surface area (TPSA) is 75.6 Å². The van der Waals surface area contributed by atoms with Crippen LogP contribution in [-0.4, -0.2) is 28.6 Å². The van der Waals surface area contributed by atoms with Gasteiger partial charge in [0.1, 0.15) is 29.3 Å². The number of amides is 1. The van der Waals surface area contributed by atoms with Gasteiger partial charge in [-0.15, -0.1) is 0 Å². The maximum Gasteiger partial charge on any atom is 0.232 e. The number of benzene rings is 1. The fraction of sp³-hybridized carbons (Fsp3) is 0.571. The number of allylic oxidation sites excluding steroid dienone is 4. The molecular formula is C28H33NO4. The number of carbonyl (C=O) groups excluding carboxylic acids is 2. The third-order valence-corrected chi connectivity index (χ3v) is 8.99. The van der Waals surface area contributed by atoms with Gasteiger partial charge in [0.15, 0.2) is 0 Å². The first kappa shape index (κ1) is 21.2. The van der Waals surface area contributed by atoms with E-state index in [1.807, 2.05) is 37.3 Å². The molecule has 3 fully saturated rings. The van der Waals surface area contributed by atoms with Gasteiger partial charge in [0, 0.05) is 30.6 Å². The molecule has 0 aromatic heterocycles. The third kappa shape index (κ3) is 3.39. The van der Waals surface area contributed by atoms with Crippen LogP contribution in [0.4, 0.5) is 0 Å². The molecule has 33 heavy (non-hydrogen) atoms. The molecule has 0 spiro atoms. The van der Waals surface area contributed by atoms with E-state index < -0.39 is 11.6 Å². The highest BCUT2D eigenvalue weighted by atomic mass is 16.5. The summed E-state index contributed by atoms with van der Waals surface area (Å²) < 4.78 is 6.74. The van der Waals surface area contributed by atoms with Crippen LogP contribution >= 0.6 is 0 Å². The summed E-state index contributed by atoms with van der Waals surface area (Å²) in [6.07, 6.45) is 13.8. The van der Waals surface area contributed by atoms with E-state index in [2.05, 4.69) is 23.5 Å². The predicted molar refractivity (Wildman–Crippen MR) is 124 cm³/mol. The number of hydrogen-bond acceptors (Lipinski definition) is 4. The number of aliphatic hydroxyl groups is 1. The molecule has 3 aliphatic carbocycles. The third-order valence-electron chi connectivity index (χ3n) is 8.99. The Labute approximate surface area is 195 Å². The normalized spacial score (nSPS) is 43.8. The van der Waals surface area contributed by atoms with E-state index in [-0.39, 0.29) is 48.4 Å². The average Bonchev–Trinajstić information content (AvgIpc) is 3.28. The first-order chi connectivity index (χ1) is 16.0. The van der Waals surface area contributed by atoms with E-state index in [0.29, 0.717) is 17.8 Å². The number of fused-ring (bicyclic) bond motifs is 4. The molecule has 5 heteroatoms. The summed E-state index contributed by atoms with van der Waals surface area (Å²) in [5, 5.41) is 14.0. The molecule has 4 bridgehead atoms. The molecule has 7 rings (SSSR count). The smallest absolute Gasteiger partial charge is 0.232 e. The molecule has 2 saturated carbocycles. The predicted octanol–water partition coefficient (Wildman–Crippen LogP) is 3.81. The van der Waals surface area contributed by atoms with Crippen molar-refractivity contribution < 1.29 is 19.4 Å². The van der Waals surface area contributed by atoms with Gasteiger partial charge in [0.2, 0.25) is 5.91 Å². The molecule has 2 N–H and O–H groups in total. The monoisotopic (exact) mass is 447 g/mol. The van der Waals surface area contributed by atoms with Crippen LogP contribution in [0.3, 0.4) is 0 Å². The largest absolute Gasteiger partial charge is 0.490 e. The molecule has 3 heterocycles. The summed E-state index contributed by atoms with van der Waals surface area (Å²) in [5.41, 5.74) is -0.472. The molecule has 9 atom stereocenters. The Morgan fingerprint density at radius 3 is 2.61 bits per heavy atom. The summed E-state index contributed by atoms with van der Waals surface area (Å²) in [5.74, 6) is 0.565. The van der Waals surface area contributed by atoms with Crippen molar-refractivity contribution in [3.8, 4) is 5.75 Å². The van der Waals surface area contributed by atoms with E-state index in [4.69, 9.17) is 4.74 Å². The molecule has 0 radical (unpaired) electrons. The van der Waals surface area contributed by atoms with E-state index in [1.165, 1.54) is 19.3 Å². The molecule has 174 valence electrons. The number of hydrogen-bond donors (Lipinski definition) is 2. The lowest BCUT2D eigenvalue weighted by Gasteiger charge is -2.39. The van der Waals surface area contributed by atoms with Crippen LogP contribution in [-0.2, 0) is 16.0 Å². The second kappa shape index (κ2) is 7.83. The average molecular weight is 448 g/mol. The van der Waals surface area contributed by atoms with Crippen LogP contribution in [0.2, 0.25) is 0 Å². The van der Waals surface area contributed by atoms with Crippen molar-refractivity contribution >= 4 is 11.7 Å². The highest BCUT2D eigenvalue weighted by Gasteiger charge is 2.59. The van der Waals surface area contributed by atoms with Crippen molar-refractivity contribution in [2.75, 3.05) is 0 Å². The highest BCUT2D eigenvalue weighted by Crippen LogP contribution is 2.57. The SMILES string of the molecule is C/C=C\[C@H]1C=C[C@H]2[C@@H]3CCCC[C@H]3[C@@H]3Oc4ccc(cc4)C[C@@]4(O)C[C@H](C(=O)N4)C(=O)[C@@H]1[C@H]23. The maximum atomic E-state index is 14.1. The molecule has 0 unspecified atom stereocenters. The minimum Gasteiger partial charge on any atom is -0.490 e. The first-order valence-corrected chi connectivity index (χ1v) is 12.6. The molecule has 1 aromatic rings. The summed E-state index contributed by atoms with van der Waals surface area (Å²) in [4.78, 5) is 27.1. The quantitative estimate of drug-likeness (QED) is 0.507. The van der Waals surface area contributed by atoms with Crippen LogP contribution < -0.4 is 10.1 Å². The number of Topliss-reactive ketones (excluding diaryl/α,β-unsaturated/α-hetero) is 1. The van der Waals surface area contributed by atoms with E-state index >= 15 is 0 Å². The minimum atomic E-state index is -1.39. The molecule has 1 saturated heterocycles. The van der Waals surface area contributed by atoms with Crippen molar-refractivity contribution in [3.63, 3.8) is 0 Å². The van der Waals surface area contributed by atoms with Gasteiger partial charge in [0.25, 0.3) is 0 Å². The van der Waals surface area contributed by atoms with E-state index in [0.717, 1.165) is 17.7 Å². The van der Waals surface area contributed by atoms with Crippen LogP contribution in [0, 0.1) is 41.4 Å².